The molecule has 0 unspecified atom stereocenters. The standard InChI is InChI=1S/C12H19N5O/c1-9-2-4-16(5-3-9)12(18)11-8-17(15-14-11)10-6-13-7-10/h8-10,13H,2-7H2,1H3. The van der Waals surface area contributed by atoms with Gasteiger partial charge in [0.15, 0.2) is 5.69 Å². The zero-order chi connectivity index (χ0) is 12.5. The van der Waals surface area contributed by atoms with Crippen LogP contribution in [-0.4, -0.2) is 52.0 Å². The molecule has 0 aliphatic carbocycles. The summed E-state index contributed by atoms with van der Waals surface area (Å²) in [5.41, 5.74) is 0.483. The fourth-order valence-corrected chi connectivity index (χ4v) is 2.39. The van der Waals surface area contributed by atoms with E-state index in [1.165, 1.54) is 0 Å². The lowest BCUT2D eigenvalue weighted by Crippen LogP contribution is -2.43. The minimum atomic E-state index is 0.0282. The van der Waals surface area contributed by atoms with Gasteiger partial charge in [0.25, 0.3) is 5.91 Å². The van der Waals surface area contributed by atoms with Crippen LogP contribution < -0.4 is 5.32 Å². The summed E-state index contributed by atoms with van der Waals surface area (Å²) in [6.45, 7) is 5.76. The third-order valence-corrected chi connectivity index (χ3v) is 3.93. The van der Waals surface area contributed by atoms with E-state index in [1.807, 2.05) is 4.90 Å². The fraction of sp³-hybridized carbons (Fsp3) is 0.750. The molecule has 0 radical (unpaired) electrons. The summed E-state index contributed by atoms with van der Waals surface area (Å²) in [7, 11) is 0. The van der Waals surface area contributed by atoms with Crippen LogP contribution in [0.25, 0.3) is 0 Å². The summed E-state index contributed by atoms with van der Waals surface area (Å²) in [5, 5.41) is 11.2. The van der Waals surface area contributed by atoms with Crippen molar-refractivity contribution in [3.8, 4) is 0 Å². The third-order valence-electron chi connectivity index (χ3n) is 3.93. The summed E-state index contributed by atoms with van der Waals surface area (Å²) in [5.74, 6) is 0.756. The van der Waals surface area contributed by atoms with Gasteiger partial charge in [-0.05, 0) is 18.8 Å². The van der Waals surface area contributed by atoms with Gasteiger partial charge in [0.05, 0.1) is 12.2 Å². The Balaban J connectivity index is 1.66. The van der Waals surface area contributed by atoms with Crippen molar-refractivity contribution in [3.05, 3.63) is 11.9 Å². The molecule has 98 valence electrons. The summed E-state index contributed by atoms with van der Waals surface area (Å²) in [4.78, 5) is 14.1. The van der Waals surface area contributed by atoms with Gasteiger partial charge in [0.1, 0.15) is 0 Å². The molecule has 2 aliphatic heterocycles. The van der Waals surface area contributed by atoms with E-state index in [1.54, 1.807) is 10.9 Å². The average Bonchev–Trinajstić information content (AvgIpc) is 2.76. The van der Waals surface area contributed by atoms with Gasteiger partial charge in [-0.1, -0.05) is 12.1 Å². The molecule has 0 atom stereocenters. The molecule has 6 nitrogen and oxygen atoms in total. The minimum Gasteiger partial charge on any atom is -0.337 e. The van der Waals surface area contributed by atoms with Gasteiger partial charge < -0.3 is 10.2 Å². The largest absolute Gasteiger partial charge is 0.337 e. The number of piperidine rings is 1. The van der Waals surface area contributed by atoms with Crippen LogP contribution in [0.2, 0.25) is 0 Å². The first-order valence-corrected chi connectivity index (χ1v) is 6.66. The van der Waals surface area contributed by atoms with E-state index in [-0.39, 0.29) is 5.91 Å². The lowest BCUT2D eigenvalue weighted by molar-refractivity contribution is 0.0691. The van der Waals surface area contributed by atoms with Gasteiger partial charge in [-0.2, -0.15) is 0 Å². The zero-order valence-electron chi connectivity index (χ0n) is 10.7. The van der Waals surface area contributed by atoms with Crippen LogP contribution in [-0.2, 0) is 0 Å². The number of carbonyl (C=O) groups excluding carboxylic acids is 1. The normalized spacial score (nSPS) is 21.9. The Labute approximate surface area is 106 Å². The van der Waals surface area contributed by atoms with Crippen LogP contribution in [0.3, 0.4) is 0 Å². The number of nitrogens with zero attached hydrogens (tertiary/aromatic N) is 4. The number of nitrogens with one attached hydrogen (secondary N) is 1. The molecular weight excluding hydrogens is 230 g/mol. The molecule has 18 heavy (non-hydrogen) atoms. The van der Waals surface area contributed by atoms with E-state index >= 15 is 0 Å². The smallest absolute Gasteiger partial charge is 0.276 e. The maximum absolute atomic E-state index is 12.2. The zero-order valence-corrected chi connectivity index (χ0v) is 10.7. The molecule has 1 N–H and O–H groups in total. The first-order chi connectivity index (χ1) is 8.74. The topological polar surface area (TPSA) is 63.1 Å². The lowest BCUT2D eigenvalue weighted by Gasteiger charge is -2.29. The molecule has 3 rings (SSSR count). The van der Waals surface area contributed by atoms with Crippen LogP contribution in [0.4, 0.5) is 0 Å². The van der Waals surface area contributed by atoms with Crippen LogP contribution >= 0.6 is 0 Å². The summed E-state index contributed by atoms with van der Waals surface area (Å²) in [6, 6.07) is 0.362. The molecule has 2 aliphatic rings. The van der Waals surface area contributed by atoms with Crippen LogP contribution in [0, 0.1) is 5.92 Å². The van der Waals surface area contributed by atoms with Crippen molar-refractivity contribution < 1.29 is 4.79 Å². The molecule has 0 saturated carbocycles. The van der Waals surface area contributed by atoms with Crippen molar-refractivity contribution >= 4 is 5.91 Å². The van der Waals surface area contributed by atoms with Gasteiger partial charge in [-0.15, -0.1) is 5.10 Å². The predicted molar refractivity (Wildman–Crippen MR) is 66.2 cm³/mol. The number of carbonyl (C=O) groups is 1. The van der Waals surface area contributed by atoms with Gasteiger partial charge >= 0.3 is 0 Å². The molecule has 3 heterocycles. The predicted octanol–water partition coefficient (Wildman–Crippen LogP) is 0.295. The Morgan fingerprint density at radius 2 is 2.11 bits per heavy atom. The summed E-state index contributed by atoms with van der Waals surface area (Å²) in [6.07, 6.45) is 3.96. The highest BCUT2D eigenvalue weighted by molar-refractivity contribution is 5.92. The maximum Gasteiger partial charge on any atom is 0.276 e. The van der Waals surface area contributed by atoms with E-state index in [9.17, 15) is 4.79 Å². The second-order valence-corrected chi connectivity index (χ2v) is 5.37. The number of amides is 1. The SMILES string of the molecule is CC1CCN(C(=O)c2cn(C3CNC3)nn2)CC1. The van der Waals surface area contributed by atoms with E-state index in [2.05, 4.69) is 22.6 Å². The molecule has 0 spiro atoms. The highest BCUT2D eigenvalue weighted by atomic mass is 16.2. The van der Waals surface area contributed by atoms with Crippen molar-refractivity contribution in [2.75, 3.05) is 26.2 Å². The summed E-state index contributed by atoms with van der Waals surface area (Å²) < 4.78 is 1.80. The van der Waals surface area contributed by atoms with Crippen LogP contribution in [0.15, 0.2) is 6.20 Å². The van der Waals surface area contributed by atoms with E-state index < -0.39 is 0 Å². The minimum absolute atomic E-state index is 0.0282. The number of hydrogen-bond acceptors (Lipinski definition) is 4. The number of rotatable bonds is 2. The lowest BCUT2D eigenvalue weighted by atomic mass is 9.99. The van der Waals surface area contributed by atoms with Gasteiger partial charge in [-0.25, -0.2) is 4.68 Å². The number of aromatic nitrogens is 3. The van der Waals surface area contributed by atoms with Crippen molar-refractivity contribution in [2.45, 2.75) is 25.8 Å². The molecule has 1 amide bonds. The molecular formula is C12H19N5O. The van der Waals surface area contributed by atoms with E-state index in [0.29, 0.717) is 11.7 Å². The van der Waals surface area contributed by atoms with Gasteiger partial charge in [0, 0.05) is 26.2 Å². The van der Waals surface area contributed by atoms with E-state index in [0.717, 1.165) is 44.9 Å². The summed E-state index contributed by atoms with van der Waals surface area (Å²) >= 11 is 0. The molecule has 1 aromatic heterocycles. The Bertz CT molecular complexity index is 431. The Kier molecular flexibility index (Phi) is 3.03. The van der Waals surface area contributed by atoms with Crippen molar-refractivity contribution in [2.24, 2.45) is 5.92 Å². The molecule has 2 fully saturated rings. The monoisotopic (exact) mass is 249 g/mol. The Morgan fingerprint density at radius 1 is 1.39 bits per heavy atom. The fourth-order valence-electron chi connectivity index (χ4n) is 2.39. The number of likely N-dealkylation sites (tertiary alicyclic amines) is 1. The van der Waals surface area contributed by atoms with Crippen molar-refractivity contribution in [1.82, 2.24) is 25.2 Å². The molecule has 2 saturated heterocycles. The average molecular weight is 249 g/mol. The third kappa shape index (κ3) is 2.12. The van der Waals surface area contributed by atoms with Gasteiger partial charge in [-0.3, -0.25) is 4.79 Å². The van der Waals surface area contributed by atoms with Crippen molar-refractivity contribution in [3.63, 3.8) is 0 Å². The highest BCUT2D eigenvalue weighted by Gasteiger charge is 2.25. The van der Waals surface area contributed by atoms with Crippen LogP contribution in [0.5, 0.6) is 0 Å². The highest BCUT2D eigenvalue weighted by Crippen LogP contribution is 2.18. The maximum atomic E-state index is 12.2. The van der Waals surface area contributed by atoms with Gasteiger partial charge in [0.2, 0.25) is 0 Å². The number of hydrogen-bond donors (Lipinski definition) is 1. The first-order valence-electron chi connectivity index (χ1n) is 6.66. The van der Waals surface area contributed by atoms with Crippen LogP contribution in [0.1, 0.15) is 36.3 Å². The Hall–Kier alpha value is -1.43. The van der Waals surface area contributed by atoms with Crippen molar-refractivity contribution in [1.29, 1.82) is 0 Å². The molecule has 0 bridgehead atoms. The molecule has 1 aromatic rings. The second kappa shape index (κ2) is 4.68. The van der Waals surface area contributed by atoms with E-state index in [4.69, 9.17) is 0 Å². The first kappa shape index (κ1) is 11.6. The molecule has 6 heteroatoms. The Morgan fingerprint density at radius 3 is 2.72 bits per heavy atom. The quantitative estimate of drug-likeness (QED) is 0.818. The second-order valence-electron chi connectivity index (χ2n) is 5.37. The molecule has 0 aromatic carbocycles.